The molecule has 2 aromatic heterocycles. The number of rotatable bonds is 7. The van der Waals surface area contributed by atoms with Gasteiger partial charge in [0.25, 0.3) is 5.56 Å². The van der Waals surface area contributed by atoms with Crippen molar-refractivity contribution in [3.05, 3.63) is 120 Å². The predicted octanol–water partition coefficient (Wildman–Crippen LogP) is 4.39. The fourth-order valence-electron chi connectivity index (χ4n) is 6.11. The Morgan fingerprint density at radius 2 is 1.77 bits per heavy atom. The van der Waals surface area contributed by atoms with E-state index in [0.29, 0.717) is 38.0 Å². The lowest BCUT2D eigenvalue weighted by Gasteiger charge is -2.38. The lowest BCUT2D eigenvalue weighted by Crippen LogP contribution is -2.49. The van der Waals surface area contributed by atoms with Crippen LogP contribution in [0.5, 0.6) is 0 Å². The van der Waals surface area contributed by atoms with Gasteiger partial charge in [-0.25, -0.2) is 14.2 Å². The van der Waals surface area contributed by atoms with Crippen LogP contribution in [-0.2, 0) is 42.8 Å². The number of hydrogen-bond donors (Lipinski definition) is 1. The van der Waals surface area contributed by atoms with Crippen LogP contribution in [0.1, 0.15) is 52.5 Å². The molecule has 4 heterocycles. The SMILES string of the molecule is N[C@@H](Cn1c(=O)c2c(n(Cc3c(F)cccc3C(F)(F)F)c1=O)COC21CCN(Cc2cscn2)CC1)c1ccccc1. The van der Waals surface area contributed by atoms with Crippen molar-refractivity contribution in [3.63, 3.8) is 0 Å². The van der Waals surface area contributed by atoms with E-state index in [1.165, 1.54) is 11.3 Å². The van der Waals surface area contributed by atoms with Gasteiger partial charge in [-0.2, -0.15) is 13.2 Å². The molecule has 0 amide bonds. The minimum absolute atomic E-state index is 0.159. The Morgan fingerprint density at radius 3 is 2.44 bits per heavy atom. The Morgan fingerprint density at radius 1 is 1.02 bits per heavy atom. The molecule has 2 N–H and O–H groups in total. The van der Waals surface area contributed by atoms with Crippen molar-refractivity contribution in [2.75, 3.05) is 13.1 Å². The molecule has 1 saturated heterocycles. The smallest absolute Gasteiger partial charge is 0.364 e. The third-order valence-corrected chi connectivity index (χ3v) is 8.99. The maximum absolute atomic E-state index is 15.0. The van der Waals surface area contributed by atoms with Crippen molar-refractivity contribution < 1.29 is 22.3 Å². The lowest BCUT2D eigenvalue weighted by atomic mass is 9.85. The van der Waals surface area contributed by atoms with E-state index in [1.807, 2.05) is 5.38 Å². The quantitative estimate of drug-likeness (QED) is 0.310. The molecule has 1 fully saturated rings. The summed E-state index contributed by atoms with van der Waals surface area (Å²) in [5.41, 5.74) is 5.82. The van der Waals surface area contributed by atoms with Gasteiger partial charge in [-0.3, -0.25) is 18.8 Å². The summed E-state index contributed by atoms with van der Waals surface area (Å²) in [4.78, 5) is 34.5. The number of likely N-dealkylation sites (tertiary alicyclic amines) is 1. The van der Waals surface area contributed by atoms with Crippen LogP contribution in [0.3, 0.4) is 0 Å². The van der Waals surface area contributed by atoms with Crippen LogP contribution < -0.4 is 17.0 Å². The Balaban J connectivity index is 1.44. The van der Waals surface area contributed by atoms with Gasteiger partial charge in [0.05, 0.1) is 47.7 Å². The van der Waals surface area contributed by atoms with E-state index in [1.54, 1.807) is 35.8 Å². The number of nitrogens with zero attached hydrogens (tertiary/aromatic N) is 4. The van der Waals surface area contributed by atoms with Gasteiger partial charge >= 0.3 is 11.9 Å². The van der Waals surface area contributed by atoms with Crippen LogP contribution in [0.15, 0.2) is 69.0 Å². The van der Waals surface area contributed by atoms with E-state index < -0.39 is 52.6 Å². The number of benzene rings is 2. The fourth-order valence-corrected chi connectivity index (χ4v) is 6.66. The van der Waals surface area contributed by atoms with Crippen LogP contribution in [0.25, 0.3) is 0 Å². The molecule has 226 valence electrons. The first-order valence-electron chi connectivity index (χ1n) is 13.8. The zero-order chi connectivity index (χ0) is 30.4. The molecule has 2 aliphatic rings. The van der Waals surface area contributed by atoms with Gasteiger partial charge in [-0.05, 0) is 30.5 Å². The molecule has 4 aromatic rings. The summed E-state index contributed by atoms with van der Waals surface area (Å²) < 4.78 is 65.0. The third-order valence-electron chi connectivity index (χ3n) is 8.36. The third kappa shape index (κ3) is 5.57. The molecule has 0 unspecified atom stereocenters. The lowest BCUT2D eigenvalue weighted by molar-refractivity contribution is -0.138. The predicted molar refractivity (Wildman–Crippen MR) is 152 cm³/mol. The maximum atomic E-state index is 15.0. The summed E-state index contributed by atoms with van der Waals surface area (Å²) in [5.74, 6) is -1.10. The van der Waals surface area contributed by atoms with Crippen LogP contribution in [-0.4, -0.2) is 32.1 Å². The van der Waals surface area contributed by atoms with Crippen molar-refractivity contribution in [1.29, 1.82) is 0 Å². The molecular weight excluding hydrogens is 586 g/mol. The second-order valence-corrected chi connectivity index (χ2v) is 11.6. The minimum atomic E-state index is -4.85. The van der Waals surface area contributed by atoms with E-state index in [9.17, 15) is 27.2 Å². The fraction of sp³-hybridized carbons (Fsp3) is 0.367. The van der Waals surface area contributed by atoms with Crippen molar-refractivity contribution in [2.45, 2.75) is 56.9 Å². The highest BCUT2D eigenvalue weighted by atomic mass is 32.1. The van der Waals surface area contributed by atoms with Crippen molar-refractivity contribution in [1.82, 2.24) is 19.0 Å². The van der Waals surface area contributed by atoms with Crippen LogP contribution >= 0.6 is 11.3 Å². The number of ether oxygens (including phenoxy) is 1. The first-order valence-corrected chi connectivity index (χ1v) is 14.8. The second kappa shape index (κ2) is 11.5. The molecule has 1 atom stereocenters. The highest BCUT2D eigenvalue weighted by Gasteiger charge is 2.47. The van der Waals surface area contributed by atoms with Gasteiger partial charge in [-0.15, -0.1) is 11.3 Å². The zero-order valence-electron chi connectivity index (χ0n) is 23.0. The molecule has 0 aliphatic carbocycles. The van der Waals surface area contributed by atoms with Gasteiger partial charge in [0.1, 0.15) is 11.4 Å². The average molecular weight is 616 g/mol. The molecule has 1 spiro atoms. The molecule has 13 heteroatoms. The summed E-state index contributed by atoms with van der Waals surface area (Å²) >= 11 is 1.51. The number of nitrogens with two attached hydrogens (primary N) is 1. The highest BCUT2D eigenvalue weighted by Crippen LogP contribution is 2.43. The van der Waals surface area contributed by atoms with Crippen LogP contribution in [0, 0.1) is 5.82 Å². The summed E-state index contributed by atoms with van der Waals surface area (Å²) in [6.07, 6.45) is -4.00. The van der Waals surface area contributed by atoms with E-state index in [2.05, 4.69) is 9.88 Å². The van der Waals surface area contributed by atoms with Gasteiger partial charge in [0, 0.05) is 36.6 Å². The van der Waals surface area contributed by atoms with Crippen molar-refractivity contribution >= 4 is 11.3 Å². The molecule has 2 aromatic carbocycles. The first kappa shape index (κ1) is 29.4. The molecule has 0 saturated carbocycles. The maximum Gasteiger partial charge on any atom is 0.416 e. The monoisotopic (exact) mass is 615 g/mol. The molecule has 43 heavy (non-hydrogen) atoms. The summed E-state index contributed by atoms with van der Waals surface area (Å²) in [6, 6.07) is 10.8. The minimum Gasteiger partial charge on any atom is -0.364 e. The second-order valence-electron chi connectivity index (χ2n) is 10.9. The highest BCUT2D eigenvalue weighted by molar-refractivity contribution is 7.07. The van der Waals surface area contributed by atoms with Gasteiger partial charge < -0.3 is 10.5 Å². The Hall–Kier alpha value is -3.65. The van der Waals surface area contributed by atoms with Crippen molar-refractivity contribution in [3.8, 4) is 0 Å². The number of alkyl halides is 3. The van der Waals surface area contributed by atoms with E-state index in [0.717, 1.165) is 33.0 Å². The molecular formula is C30H29F4N5O3S. The van der Waals surface area contributed by atoms with Crippen LogP contribution in [0.4, 0.5) is 17.6 Å². The number of aromatic nitrogens is 3. The molecule has 0 radical (unpaired) electrons. The number of fused-ring (bicyclic) bond motifs is 2. The Kier molecular flexibility index (Phi) is 7.84. The van der Waals surface area contributed by atoms with E-state index in [4.69, 9.17) is 10.5 Å². The number of halogens is 4. The summed E-state index contributed by atoms with van der Waals surface area (Å²) in [6.45, 7) is 0.682. The van der Waals surface area contributed by atoms with Gasteiger partial charge in [-0.1, -0.05) is 36.4 Å². The Labute approximate surface area is 248 Å². The summed E-state index contributed by atoms with van der Waals surface area (Å²) in [7, 11) is 0. The van der Waals surface area contributed by atoms with Crippen LogP contribution in [0.2, 0.25) is 0 Å². The van der Waals surface area contributed by atoms with Crippen molar-refractivity contribution in [2.24, 2.45) is 5.73 Å². The zero-order valence-corrected chi connectivity index (χ0v) is 23.8. The molecule has 0 bridgehead atoms. The first-order chi connectivity index (χ1) is 20.6. The topological polar surface area (TPSA) is 95.4 Å². The van der Waals surface area contributed by atoms with E-state index in [-0.39, 0.29) is 24.4 Å². The summed E-state index contributed by atoms with van der Waals surface area (Å²) in [5, 5.41) is 1.97. The Bertz CT molecular complexity index is 1730. The molecule has 6 rings (SSSR count). The standard InChI is InChI=1S/C30H29F4N5O3S/c31-23-8-4-7-22(30(32,33)34)21(23)14-38-25-16-42-29(9-11-37(12-10-29)13-20-17-43-18-36-20)26(25)27(40)39(28(38)41)15-24(35)19-5-2-1-3-6-19/h1-8,17-18,24H,9-16,35H2/t24-/m0/s1. The molecule has 2 aliphatic heterocycles. The normalized spacial score (nSPS) is 17.3. The van der Waals surface area contributed by atoms with Gasteiger partial charge in [0.2, 0.25) is 0 Å². The number of thiazole rings is 1. The number of piperidine rings is 1. The number of hydrogen-bond acceptors (Lipinski definition) is 7. The van der Waals surface area contributed by atoms with Gasteiger partial charge in [0.15, 0.2) is 0 Å². The molecule has 8 nitrogen and oxygen atoms in total. The average Bonchev–Trinajstić information content (AvgIpc) is 3.63. The van der Waals surface area contributed by atoms with E-state index >= 15 is 0 Å². The largest absolute Gasteiger partial charge is 0.416 e.